The number of halogens is 1. The van der Waals surface area contributed by atoms with Crippen molar-refractivity contribution in [1.29, 1.82) is 0 Å². The number of rotatable bonds is 2. The smallest absolute Gasteiger partial charge is 0.227 e. The van der Waals surface area contributed by atoms with Gasteiger partial charge in [-0.15, -0.1) is 0 Å². The number of carbonyl (C=O) groups excluding carboxylic acids is 1. The SMILES string of the molecule is O=C(Cc1cccc(F)c1)N1CC2CNCC(C2)C1. The van der Waals surface area contributed by atoms with Gasteiger partial charge < -0.3 is 10.2 Å². The first-order valence-corrected chi connectivity index (χ1v) is 6.93. The van der Waals surface area contributed by atoms with Crippen molar-refractivity contribution in [3.8, 4) is 0 Å². The summed E-state index contributed by atoms with van der Waals surface area (Å²) in [5, 5.41) is 3.42. The lowest BCUT2D eigenvalue weighted by molar-refractivity contribution is -0.133. The highest BCUT2D eigenvalue weighted by molar-refractivity contribution is 5.78. The van der Waals surface area contributed by atoms with Crippen molar-refractivity contribution in [3.63, 3.8) is 0 Å². The molecule has 0 saturated carbocycles. The quantitative estimate of drug-likeness (QED) is 0.874. The van der Waals surface area contributed by atoms with Crippen LogP contribution in [0.25, 0.3) is 0 Å². The molecule has 1 amide bonds. The molecule has 1 aromatic carbocycles. The van der Waals surface area contributed by atoms with Crippen molar-refractivity contribution in [2.24, 2.45) is 11.8 Å². The minimum atomic E-state index is -0.273. The molecule has 19 heavy (non-hydrogen) atoms. The van der Waals surface area contributed by atoms with Gasteiger partial charge in [-0.25, -0.2) is 4.39 Å². The van der Waals surface area contributed by atoms with E-state index in [0.717, 1.165) is 31.7 Å². The fourth-order valence-corrected chi connectivity index (χ4v) is 3.24. The molecule has 102 valence electrons. The molecule has 2 atom stereocenters. The van der Waals surface area contributed by atoms with Crippen LogP contribution < -0.4 is 5.32 Å². The second kappa shape index (κ2) is 5.29. The molecule has 1 N–H and O–H groups in total. The molecule has 2 fully saturated rings. The van der Waals surface area contributed by atoms with E-state index in [1.54, 1.807) is 6.07 Å². The van der Waals surface area contributed by atoms with Gasteiger partial charge in [-0.1, -0.05) is 12.1 Å². The van der Waals surface area contributed by atoms with Gasteiger partial charge in [-0.05, 0) is 49.0 Å². The van der Waals surface area contributed by atoms with E-state index in [4.69, 9.17) is 0 Å². The molecule has 4 heteroatoms. The molecule has 0 spiro atoms. The summed E-state index contributed by atoms with van der Waals surface area (Å²) in [5.74, 6) is 1.03. The fraction of sp³-hybridized carbons (Fsp3) is 0.533. The zero-order valence-electron chi connectivity index (χ0n) is 10.9. The number of hydrogen-bond donors (Lipinski definition) is 1. The van der Waals surface area contributed by atoms with Gasteiger partial charge in [0.25, 0.3) is 0 Å². The maximum atomic E-state index is 13.1. The average molecular weight is 262 g/mol. The van der Waals surface area contributed by atoms with E-state index in [1.807, 2.05) is 11.0 Å². The van der Waals surface area contributed by atoms with Crippen LogP contribution in [0.1, 0.15) is 12.0 Å². The molecule has 2 heterocycles. The summed E-state index contributed by atoms with van der Waals surface area (Å²) in [6.07, 6.45) is 1.54. The third kappa shape index (κ3) is 2.95. The lowest BCUT2D eigenvalue weighted by Gasteiger charge is -2.41. The van der Waals surface area contributed by atoms with Crippen LogP contribution >= 0.6 is 0 Å². The Hall–Kier alpha value is -1.42. The molecular formula is C15H19FN2O. The molecule has 0 radical (unpaired) electrons. The van der Waals surface area contributed by atoms with Gasteiger partial charge in [0.2, 0.25) is 5.91 Å². The van der Waals surface area contributed by atoms with E-state index in [2.05, 4.69) is 5.32 Å². The van der Waals surface area contributed by atoms with Crippen LogP contribution in [0.15, 0.2) is 24.3 Å². The van der Waals surface area contributed by atoms with Gasteiger partial charge in [0, 0.05) is 13.1 Å². The summed E-state index contributed by atoms with van der Waals surface area (Å²) in [4.78, 5) is 14.3. The Morgan fingerprint density at radius 3 is 2.74 bits per heavy atom. The highest BCUT2D eigenvalue weighted by Gasteiger charge is 2.32. The second-order valence-electron chi connectivity index (χ2n) is 5.73. The van der Waals surface area contributed by atoms with Crippen LogP contribution in [0.5, 0.6) is 0 Å². The van der Waals surface area contributed by atoms with Crippen molar-refractivity contribution in [3.05, 3.63) is 35.6 Å². The maximum absolute atomic E-state index is 13.1. The van der Waals surface area contributed by atoms with Crippen LogP contribution in [0.4, 0.5) is 4.39 Å². The highest BCUT2D eigenvalue weighted by atomic mass is 19.1. The number of benzene rings is 1. The Bertz CT molecular complexity index is 465. The standard InChI is InChI=1S/C15H19FN2O/c16-14-3-1-2-11(5-14)6-15(19)18-9-12-4-13(10-18)8-17-7-12/h1-3,5,12-13,17H,4,6-10H2. The lowest BCUT2D eigenvalue weighted by atomic mass is 9.85. The van der Waals surface area contributed by atoms with Gasteiger partial charge in [-0.2, -0.15) is 0 Å². The first-order valence-electron chi connectivity index (χ1n) is 6.93. The molecule has 2 saturated heterocycles. The molecular weight excluding hydrogens is 243 g/mol. The van der Waals surface area contributed by atoms with Gasteiger partial charge in [0.1, 0.15) is 5.82 Å². The third-order valence-corrected chi connectivity index (χ3v) is 4.09. The predicted molar refractivity (Wildman–Crippen MR) is 71.2 cm³/mol. The van der Waals surface area contributed by atoms with E-state index in [1.165, 1.54) is 18.6 Å². The normalized spacial score (nSPS) is 26.3. The van der Waals surface area contributed by atoms with Crippen LogP contribution in [0, 0.1) is 17.7 Å². The molecule has 2 aliphatic rings. The molecule has 1 aromatic rings. The van der Waals surface area contributed by atoms with Gasteiger partial charge in [-0.3, -0.25) is 4.79 Å². The van der Waals surface area contributed by atoms with Gasteiger partial charge >= 0.3 is 0 Å². The lowest BCUT2D eigenvalue weighted by Crippen LogP contribution is -2.53. The third-order valence-electron chi connectivity index (χ3n) is 4.09. The topological polar surface area (TPSA) is 32.3 Å². The average Bonchev–Trinajstić information content (AvgIpc) is 2.38. The molecule has 2 aliphatic heterocycles. The zero-order chi connectivity index (χ0) is 13.2. The van der Waals surface area contributed by atoms with E-state index < -0.39 is 0 Å². The molecule has 3 rings (SSSR count). The summed E-state index contributed by atoms with van der Waals surface area (Å²) in [7, 11) is 0. The van der Waals surface area contributed by atoms with Crippen LogP contribution in [-0.4, -0.2) is 37.0 Å². The number of nitrogens with zero attached hydrogens (tertiary/aromatic N) is 1. The maximum Gasteiger partial charge on any atom is 0.227 e. The van der Waals surface area contributed by atoms with Crippen LogP contribution in [0.3, 0.4) is 0 Å². The van der Waals surface area contributed by atoms with Crippen molar-refractivity contribution in [1.82, 2.24) is 10.2 Å². The number of amides is 1. The fourth-order valence-electron chi connectivity index (χ4n) is 3.24. The Labute approximate surface area is 112 Å². The van der Waals surface area contributed by atoms with Crippen LogP contribution in [0.2, 0.25) is 0 Å². The Kier molecular flexibility index (Phi) is 3.51. The molecule has 0 aliphatic carbocycles. The Morgan fingerprint density at radius 1 is 1.32 bits per heavy atom. The largest absolute Gasteiger partial charge is 0.342 e. The minimum Gasteiger partial charge on any atom is -0.342 e. The predicted octanol–water partition coefficient (Wildman–Crippen LogP) is 1.44. The molecule has 3 nitrogen and oxygen atoms in total. The number of nitrogens with one attached hydrogen (secondary N) is 1. The second-order valence-corrected chi connectivity index (χ2v) is 5.73. The summed E-state index contributed by atoms with van der Waals surface area (Å²) in [6.45, 7) is 3.72. The minimum absolute atomic E-state index is 0.127. The summed E-state index contributed by atoms with van der Waals surface area (Å²) >= 11 is 0. The van der Waals surface area contributed by atoms with E-state index in [0.29, 0.717) is 18.3 Å². The number of piperidine rings is 2. The number of likely N-dealkylation sites (tertiary alicyclic amines) is 1. The summed E-state index contributed by atoms with van der Waals surface area (Å²) < 4.78 is 13.1. The number of fused-ring (bicyclic) bond motifs is 2. The van der Waals surface area contributed by atoms with Crippen LogP contribution in [-0.2, 0) is 11.2 Å². The van der Waals surface area contributed by atoms with Gasteiger partial charge in [0.15, 0.2) is 0 Å². The highest BCUT2D eigenvalue weighted by Crippen LogP contribution is 2.24. The van der Waals surface area contributed by atoms with E-state index >= 15 is 0 Å². The Balaban J connectivity index is 1.64. The first kappa shape index (κ1) is 12.6. The number of carbonyl (C=O) groups is 1. The summed E-state index contributed by atoms with van der Waals surface area (Å²) in [6, 6.07) is 6.33. The van der Waals surface area contributed by atoms with Crippen molar-refractivity contribution >= 4 is 5.91 Å². The van der Waals surface area contributed by atoms with E-state index in [9.17, 15) is 9.18 Å². The molecule has 2 unspecified atom stereocenters. The van der Waals surface area contributed by atoms with Gasteiger partial charge in [0.05, 0.1) is 6.42 Å². The monoisotopic (exact) mass is 262 g/mol. The Morgan fingerprint density at radius 2 is 2.05 bits per heavy atom. The van der Waals surface area contributed by atoms with E-state index in [-0.39, 0.29) is 11.7 Å². The van der Waals surface area contributed by atoms with Crippen molar-refractivity contribution in [2.45, 2.75) is 12.8 Å². The summed E-state index contributed by atoms with van der Waals surface area (Å²) in [5.41, 5.74) is 0.763. The zero-order valence-corrected chi connectivity index (χ0v) is 10.9. The van der Waals surface area contributed by atoms with Crippen molar-refractivity contribution in [2.75, 3.05) is 26.2 Å². The first-order chi connectivity index (χ1) is 9.20. The molecule has 0 aromatic heterocycles. The molecule has 2 bridgehead atoms. The number of hydrogen-bond acceptors (Lipinski definition) is 2. The van der Waals surface area contributed by atoms with Crippen molar-refractivity contribution < 1.29 is 9.18 Å².